The molecule has 1 heterocycles. The van der Waals surface area contributed by atoms with Crippen LogP contribution in [0.5, 0.6) is 0 Å². The fourth-order valence-electron chi connectivity index (χ4n) is 2.33. The molecular formula is C14H24N2O3. The highest BCUT2D eigenvalue weighted by Gasteiger charge is 2.34. The molecule has 19 heavy (non-hydrogen) atoms. The molecule has 5 heteroatoms. The molecular weight excluding hydrogens is 244 g/mol. The molecule has 0 aromatic rings. The molecule has 1 aliphatic heterocycles. The van der Waals surface area contributed by atoms with Gasteiger partial charge in [-0.05, 0) is 18.3 Å². The van der Waals surface area contributed by atoms with Crippen molar-refractivity contribution in [3.63, 3.8) is 0 Å². The van der Waals surface area contributed by atoms with Gasteiger partial charge in [-0.15, -0.1) is 0 Å². The van der Waals surface area contributed by atoms with Crippen molar-refractivity contribution in [1.82, 2.24) is 10.6 Å². The molecule has 0 bridgehead atoms. The number of imide groups is 2. The number of barbiturate groups is 1. The van der Waals surface area contributed by atoms with Gasteiger partial charge in [0.1, 0.15) is 5.92 Å². The van der Waals surface area contributed by atoms with E-state index < -0.39 is 23.8 Å². The van der Waals surface area contributed by atoms with Crippen molar-refractivity contribution < 1.29 is 14.4 Å². The van der Waals surface area contributed by atoms with Gasteiger partial charge in [0.05, 0.1) is 0 Å². The highest BCUT2D eigenvalue weighted by atomic mass is 16.2. The summed E-state index contributed by atoms with van der Waals surface area (Å²) in [6.45, 7) is 6.46. The van der Waals surface area contributed by atoms with Gasteiger partial charge in [0, 0.05) is 0 Å². The summed E-state index contributed by atoms with van der Waals surface area (Å²) in [5.41, 5.74) is 0. The Kier molecular flexibility index (Phi) is 5.99. The standard InChI is InChI=1S/C14H24N2O3/c1-9(2)6-4-5-7-10(3)8-11-12(17)15-14(19)16-13(11)18/h9-11H,4-8H2,1-3H3,(H2,15,16,17,18,19)/t10-/m1/s1. The third kappa shape index (κ3) is 5.41. The molecule has 1 atom stereocenters. The summed E-state index contributed by atoms with van der Waals surface area (Å²) in [6, 6.07) is -0.712. The van der Waals surface area contributed by atoms with Gasteiger partial charge in [0.25, 0.3) is 0 Å². The highest BCUT2D eigenvalue weighted by molar-refractivity contribution is 6.16. The molecule has 1 rings (SSSR count). The van der Waals surface area contributed by atoms with Gasteiger partial charge in [-0.2, -0.15) is 0 Å². The maximum atomic E-state index is 11.6. The minimum Gasteiger partial charge on any atom is -0.277 e. The van der Waals surface area contributed by atoms with Crippen LogP contribution in [0, 0.1) is 17.8 Å². The molecule has 0 spiro atoms. The molecule has 0 aromatic heterocycles. The van der Waals surface area contributed by atoms with Crippen LogP contribution < -0.4 is 10.6 Å². The molecule has 108 valence electrons. The van der Waals surface area contributed by atoms with E-state index in [9.17, 15) is 14.4 Å². The van der Waals surface area contributed by atoms with Crippen molar-refractivity contribution in [1.29, 1.82) is 0 Å². The Balaban J connectivity index is 2.31. The Morgan fingerprint density at radius 1 is 0.947 bits per heavy atom. The fourth-order valence-corrected chi connectivity index (χ4v) is 2.33. The predicted molar refractivity (Wildman–Crippen MR) is 72.3 cm³/mol. The Morgan fingerprint density at radius 2 is 1.47 bits per heavy atom. The van der Waals surface area contributed by atoms with E-state index in [0.29, 0.717) is 12.3 Å². The molecule has 1 aliphatic rings. The summed E-state index contributed by atoms with van der Waals surface area (Å²) in [5.74, 6) is -0.638. The summed E-state index contributed by atoms with van der Waals surface area (Å²) in [4.78, 5) is 34.1. The van der Waals surface area contributed by atoms with Crippen LogP contribution in [0.1, 0.15) is 52.9 Å². The van der Waals surface area contributed by atoms with Gasteiger partial charge < -0.3 is 0 Å². The zero-order valence-electron chi connectivity index (χ0n) is 12.0. The third-order valence-corrected chi connectivity index (χ3v) is 3.47. The Bertz CT molecular complexity index is 333. The Hall–Kier alpha value is -1.39. The van der Waals surface area contributed by atoms with Gasteiger partial charge in [-0.3, -0.25) is 20.2 Å². The maximum Gasteiger partial charge on any atom is 0.328 e. The van der Waals surface area contributed by atoms with Crippen molar-refractivity contribution in [2.24, 2.45) is 17.8 Å². The van der Waals surface area contributed by atoms with Crippen LogP contribution in [-0.2, 0) is 9.59 Å². The van der Waals surface area contributed by atoms with Crippen molar-refractivity contribution in [3.05, 3.63) is 0 Å². The summed E-state index contributed by atoms with van der Waals surface area (Å²) in [7, 11) is 0. The van der Waals surface area contributed by atoms with Crippen LogP contribution in [0.15, 0.2) is 0 Å². The monoisotopic (exact) mass is 268 g/mol. The zero-order valence-corrected chi connectivity index (χ0v) is 12.0. The van der Waals surface area contributed by atoms with Crippen molar-refractivity contribution in [3.8, 4) is 0 Å². The summed E-state index contributed by atoms with van der Waals surface area (Å²) < 4.78 is 0. The number of rotatable bonds is 7. The summed E-state index contributed by atoms with van der Waals surface area (Å²) in [6.07, 6.45) is 5.04. The quantitative estimate of drug-likeness (QED) is 0.549. The first-order valence-electron chi connectivity index (χ1n) is 7.05. The van der Waals surface area contributed by atoms with Gasteiger partial charge in [0.2, 0.25) is 11.8 Å². The normalized spacial score (nSPS) is 18.4. The second kappa shape index (κ2) is 7.26. The van der Waals surface area contributed by atoms with Crippen molar-refractivity contribution >= 4 is 17.8 Å². The number of carbonyl (C=O) groups excluding carboxylic acids is 3. The molecule has 0 saturated carbocycles. The summed E-state index contributed by atoms with van der Waals surface area (Å²) >= 11 is 0. The number of nitrogens with one attached hydrogen (secondary N) is 2. The number of hydrogen-bond acceptors (Lipinski definition) is 3. The third-order valence-electron chi connectivity index (χ3n) is 3.47. The van der Waals surface area contributed by atoms with Crippen molar-refractivity contribution in [2.75, 3.05) is 0 Å². The second-order valence-corrected chi connectivity index (χ2v) is 5.88. The molecule has 5 nitrogen and oxygen atoms in total. The first kappa shape index (κ1) is 15.7. The largest absolute Gasteiger partial charge is 0.328 e. The lowest BCUT2D eigenvalue weighted by molar-refractivity contribution is -0.136. The molecule has 2 N–H and O–H groups in total. The lowest BCUT2D eigenvalue weighted by Gasteiger charge is -2.23. The predicted octanol–water partition coefficient (Wildman–Crippen LogP) is 2.21. The van der Waals surface area contributed by atoms with E-state index in [1.54, 1.807) is 0 Å². The fraction of sp³-hybridized carbons (Fsp3) is 0.786. The van der Waals surface area contributed by atoms with Crippen LogP contribution in [-0.4, -0.2) is 17.8 Å². The van der Waals surface area contributed by atoms with Crippen LogP contribution in [0.2, 0.25) is 0 Å². The van der Waals surface area contributed by atoms with E-state index in [2.05, 4.69) is 24.5 Å². The van der Waals surface area contributed by atoms with Crippen LogP contribution >= 0.6 is 0 Å². The molecule has 0 aliphatic carbocycles. The topological polar surface area (TPSA) is 75.3 Å². The minimum atomic E-state index is -0.724. The lowest BCUT2D eigenvalue weighted by atomic mass is 9.89. The SMILES string of the molecule is CC(C)CCCC[C@@H](C)CC1C(=O)NC(=O)NC1=O. The minimum absolute atomic E-state index is 0.307. The van der Waals surface area contributed by atoms with E-state index in [-0.39, 0.29) is 0 Å². The first-order chi connectivity index (χ1) is 8.90. The number of carbonyl (C=O) groups is 3. The van der Waals surface area contributed by atoms with Gasteiger partial charge in [-0.25, -0.2) is 4.79 Å². The van der Waals surface area contributed by atoms with Gasteiger partial charge in [0.15, 0.2) is 0 Å². The van der Waals surface area contributed by atoms with E-state index >= 15 is 0 Å². The first-order valence-corrected chi connectivity index (χ1v) is 7.05. The smallest absolute Gasteiger partial charge is 0.277 e. The van der Waals surface area contributed by atoms with Gasteiger partial charge in [-0.1, -0.05) is 46.5 Å². The number of amides is 4. The molecule has 0 radical (unpaired) electrons. The number of urea groups is 1. The van der Waals surface area contributed by atoms with Gasteiger partial charge >= 0.3 is 6.03 Å². The Morgan fingerprint density at radius 3 is 2.00 bits per heavy atom. The number of hydrogen-bond donors (Lipinski definition) is 2. The molecule has 0 aromatic carbocycles. The van der Waals surface area contributed by atoms with Crippen LogP contribution in [0.25, 0.3) is 0 Å². The van der Waals surface area contributed by atoms with E-state index in [0.717, 1.165) is 18.8 Å². The van der Waals surface area contributed by atoms with Crippen LogP contribution in [0.3, 0.4) is 0 Å². The average molecular weight is 268 g/mol. The molecule has 1 saturated heterocycles. The maximum absolute atomic E-state index is 11.6. The van der Waals surface area contributed by atoms with E-state index in [1.165, 1.54) is 12.8 Å². The zero-order chi connectivity index (χ0) is 14.4. The van der Waals surface area contributed by atoms with E-state index in [4.69, 9.17) is 0 Å². The Labute approximate surface area is 114 Å². The molecule has 0 unspecified atom stereocenters. The van der Waals surface area contributed by atoms with E-state index in [1.807, 2.05) is 6.92 Å². The van der Waals surface area contributed by atoms with Crippen molar-refractivity contribution in [2.45, 2.75) is 52.9 Å². The second-order valence-electron chi connectivity index (χ2n) is 5.88. The summed E-state index contributed by atoms with van der Waals surface area (Å²) in [5, 5.41) is 4.28. The number of unbranched alkanes of at least 4 members (excludes halogenated alkanes) is 1. The molecule has 4 amide bonds. The highest BCUT2D eigenvalue weighted by Crippen LogP contribution is 2.21. The molecule has 1 fully saturated rings. The average Bonchev–Trinajstić information content (AvgIpc) is 2.29. The van der Waals surface area contributed by atoms with Crippen LogP contribution in [0.4, 0.5) is 4.79 Å². The lowest BCUT2D eigenvalue weighted by Crippen LogP contribution is -2.55.